The highest BCUT2D eigenvalue weighted by Gasteiger charge is 2.33. The van der Waals surface area contributed by atoms with E-state index in [1.54, 1.807) is 0 Å². The lowest BCUT2D eigenvalue weighted by Gasteiger charge is -2.34. The fourth-order valence-corrected chi connectivity index (χ4v) is 3.80. The molecule has 1 N–H and O–H groups in total. The van der Waals surface area contributed by atoms with Crippen LogP contribution < -0.4 is 11.2 Å². The number of aromatic nitrogens is 2. The first-order valence-corrected chi connectivity index (χ1v) is 9.66. The average molecular weight is 362 g/mol. The first-order chi connectivity index (χ1) is 12.4. The van der Waals surface area contributed by atoms with Gasteiger partial charge in [0.15, 0.2) is 0 Å². The molecule has 1 atom stereocenters. The molecule has 7 nitrogen and oxygen atoms in total. The highest BCUT2D eigenvalue weighted by atomic mass is 16.2. The number of H-pyrrole nitrogens is 1. The molecule has 0 radical (unpaired) electrons. The third kappa shape index (κ3) is 4.26. The maximum Gasteiger partial charge on any atom is 0.328 e. The summed E-state index contributed by atoms with van der Waals surface area (Å²) in [6.45, 7) is 8.06. The van der Waals surface area contributed by atoms with Crippen LogP contribution in [0.2, 0.25) is 0 Å². The molecule has 2 fully saturated rings. The van der Waals surface area contributed by atoms with Crippen molar-refractivity contribution < 1.29 is 4.79 Å². The van der Waals surface area contributed by atoms with Crippen LogP contribution in [0.4, 0.5) is 0 Å². The predicted octanol–water partition coefficient (Wildman–Crippen LogP) is 0.585. The van der Waals surface area contributed by atoms with Gasteiger partial charge in [-0.15, -0.1) is 0 Å². The summed E-state index contributed by atoms with van der Waals surface area (Å²) in [6.07, 6.45) is 5.04. The first kappa shape index (κ1) is 18.9. The largest absolute Gasteiger partial charge is 0.341 e. The predicted molar refractivity (Wildman–Crippen MR) is 100 cm³/mol. The summed E-state index contributed by atoms with van der Waals surface area (Å²) in [5, 5.41) is 0. The summed E-state index contributed by atoms with van der Waals surface area (Å²) in [5.41, 5.74) is -0.512. The van der Waals surface area contributed by atoms with Crippen molar-refractivity contribution in [3.63, 3.8) is 0 Å². The molecule has 1 aromatic heterocycles. The minimum Gasteiger partial charge on any atom is -0.341 e. The van der Waals surface area contributed by atoms with E-state index in [9.17, 15) is 14.4 Å². The van der Waals surface area contributed by atoms with Gasteiger partial charge in [-0.3, -0.25) is 19.1 Å². The van der Waals surface area contributed by atoms with Crippen LogP contribution in [-0.2, 0) is 18.3 Å². The Balaban J connectivity index is 1.71. The van der Waals surface area contributed by atoms with Gasteiger partial charge >= 0.3 is 5.69 Å². The molecule has 0 bridgehead atoms. The zero-order valence-corrected chi connectivity index (χ0v) is 16.0. The Labute approximate surface area is 154 Å². The van der Waals surface area contributed by atoms with Gasteiger partial charge in [0, 0.05) is 51.0 Å². The maximum absolute atomic E-state index is 12.8. The molecular formula is C19H30N4O3. The smallest absolute Gasteiger partial charge is 0.328 e. The second kappa shape index (κ2) is 7.78. The van der Waals surface area contributed by atoms with Crippen molar-refractivity contribution in [2.45, 2.75) is 45.6 Å². The van der Waals surface area contributed by atoms with Crippen molar-refractivity contribution in [3.05, 3.63) is 32.6 Å². The number of rotatable bonds is 5. The molecule has 0 aromatic carbocycles. The Morgan fingerprint density at radius 3 is 2.65 bits per heavy atom. The summed E-state index contributed by atoms with van der Waals surface area (Å²) in [5.74, 6) is 1.28. The van der Waals surface area contributed by atoms with Gasteiger partial charge in [-0.2, -0.15) is 0 Å². The molecule has 2 heterocycles. The highest BCUT2D eigenvalue weighted by molar-refractivity contribution is 5.78. The van der Waals surface area contributed by atoms with E-state index in [1.165, 1.54) is 26.1 Å². The van der Waals surface area contributed by atoms with Crippen LogP contribution >= 0.6 is 0 Å². The molecule has 3 rings (SSSR count). The summed E-state index contributed by atoms with van der Waals surface area (Å²) in [4.78, 5) is 43.5. The van der Waals surface area contributed by atoms with Gasteiger partial charge < -0.3 is 9.88 Å². The van der Waals surface area contributed by atoms with E-state index < -0.39 is 11.2 Å². The molecule has 26 heavy (non-hydrogen) atoms. The fraction of sp³-hybridized carbons (Fsp3) is 0.737. The van der Waals surface area contributed by atoms with Crippen LogP contribution in [0.5, 0.6) is 0 Å². The number of hydrogen-bond acceptors (Lipinski definition) is 4. The Morgan fingerprint density at radius 1 is 1.27 bits per heavy atom. The standard InChI is InChI=1S/C19H30N4O3/c1-13(2)16-12-23(8-4-7-22(16)11-14-5-6-14)17(24)9-15-10-20-19(26)21(3)18(15)25/h10,13-14,16H,4-9,11-12H2,1-3H3,(H,20,26)/t16-/m0/s1. The van der Waals surface area contributed by atoms with Gasteiger partial charge in [0.1, 0.15) is 0 Å². The Morgan fingerprint density at radius 2 is 2.00 bits per heavy atom. The quantitative estimate of drug-likeness (QED) is 0.831. The lowest BCUT2D eigenvalue weighted by molar-refractivity contribution is -0.131. The second-order valence-electron chi connectivity index (χ2n) is 8.10. The highest BCUT2D eigenvalue weighted by Crippen LogP contribution is 2.31. The molecule has 1 amide bonds. The number of carbonyl (C=O) groups excluding carboxylic acids is 1. The van der Waals surface area contributed by atoms with Gasteiger partial charge in [-0.25, -0.2) is 4.79 Å². The molecule has 1 aliphatic carbocycles. The minimum absolute atomic E-state index is 0.0342. The normalized spacial score (nSPS) is 21.8. The van der Waals surface area contributed by atoms with Crippen molar-refractivity contribution in [2.24, 2.45) is 18.9 Å². The van der Waals surface area contributed by atoms with E-state index in [0.717, 1.165) is 36.5 Å². The molecule has 1 saturated heterocycles. The zero-order valence-electron chi connectivity index (χ0n) is 16.0. The lowest BCUT2D eigenvalue weighted by Crippen LogP contribution is -2.47. The first-order valence-electron chi connectivity index (χ1n) is 9.66. The Hall–Kier alpha value is -1.89. The summed E-state index contributed by atoms with van der Waals surface area (Å²) in [6, 6.07) is 0.362. The van der Waals surface area contributed by atoms with Crippen molar-refractivity contribution in [1.29, 1.82) is 0 Å². The summed E-state index contributed by atoms with van der Waals surface area (Å²) in [7, 11) is 1.42. The molecule has 2 aliphatic rings. The van der Waals surface area contributed by atoms with Crippen LogP contribution in [0.3, 0.4) is 0 Å². The third-order valence-electron chi connectivity index (χ3n) is 5.66. The SMILES string of the molecule is CC(C)[C@@H]1CN(C(=O)Cc2c[nH]c(=O)n(C)c2=O)CCCN1CC1CC1. The maximum atomic E-state index is 12.8. The zero-order chi connectivity index (χ0) is 18.8. The number of hydrogen-bond donors (Lipinski definition) is 1. The van der Waals surface area contributed by atoms with E-state index in [-0.39, 0.29) is 12.3 Å². The lowest BCUT2D eigenvalue weighted by atomic mass is 10.0. The van der Waals surface area contributed by atoms with Crippen LogP contribution in [-0.4, -0.2) is 57.5 Å². The third-order valence-corrected chi connectivity index (χ3v) is 5.66. The molecular weight excluding hydrogens is 332 g/mol. The van der Waals surface area contributed by atoms with Gasteiger partial charge in [-0.05, 0) is 31.1 Å². The van der Waals surface area contributed by atoms with Crippen molar-refractivity contribution >= 4 is 5.91 Å². The van der Waals surface area contributed by atoms with Crippen LogP contribution in [0.1, 0.15) is 38.7 Å². The topological polar surface area (TPSA) is 78.4 Å². The summed E-state index contributed by atoms with van der Waals surface area (Å²) >= 11 is 0. The van der Waals surface area contributed by atoms with Crippen LogP contribution in [0.15, 0.2) is 15.8 Å². The van der Waals surface area contributed by atoms with Crippen molar-refractivity contribution in [3.8, 4) is 0 Å². The van der Waals surface area contributed by atoms with Crippen LogP contribution in [0.25, 0.3) is 0 Å². The average Bonchev–Trinajstić information content (AvgIpc) is 3.42. The van der Waals surface area contributed by atoms with Gasteiger partial charge in [-0.1, -0.05) is 13.8 Å². The van der Waals surface area contributed by atoms with Crippen molar-refractivity contribution in [2.75, 3.05) is 26.2 Å². The van der Waals surface area contributed by atoms with Gasteiger partial charge in [0.05, 0.1) is 6.42 Å². The molecule has 144 valence electrons. The summed E-state index contributed by atoms with van der Waals surface area (Å²) < 4.78 is 1.01. The number of nitrogens with zero attached hydrogens (tertiary/aromatic N) is 3. The Bertz CT molecular complexity index is 763. The molecule has 1 saturated carbocycles. The van der Waals surface area contributed by atoms with Gasteiger partial charge in [0.25, 0.3) is 5.56 Å². The number of carbonyl (C=O) groups is 1. The van der Waals surface area contributed by atoms with E-state index in [0.29, 0.717) is 24.1 Å². The minimum atomic E-state index is -0.462. The van der Waals surface area contributed by atoms with E-state index in [1.807, 2.05) is 4.90 Å². The monoisotopic (exact) mass is 362 g/mol. The molecule has 7 heteroatoms. The fourth-order valence-electron chi connectivity index (χ4n) is 3.80. The number of aromatic amines is 1. The molecule has 0 unspecified atom stereocenters. The van der Waals surface area contributed by atoms with E-state index >= 15 is 0 Å². The van der Waals surface area contributed by atoms with E-state index in [4.69, 9.17) is 0 Å². The second-order valence-corrected chi connectivity index (χ2v) is 8.10. The van der Waals surface area contributed by atoms with Crippen molar-refractivity contribution in [1.82, 2.24) is 19.4 Å². The number of amides is 1. The molecule has 0 spiro atoms. The molecule has 1 aromatic rings. The van der Waals surface area contributed by atoms with Gasteiger partial charge in [0.2, 0.25) is 5.91 Å². The number of nitrogens with one attached hydrogen (secondary N) is 1. The molecule has 1 aliphatic heterocycles. The Kier molecular flexibility index (Phi) is 5.65. The van der Waals surface area contributed by atoms with Crippen LogP contribution in [0, 0.1) is 11.8 Å². The van der Waals surface area contributed by atoms with E-state index in [2.05, 4.69) is 23.7 Å².